The van der Waals surface area contributed by atoms with Gasteiger partial charge in [0.15, 0.2) is 0 Å². The number of methoxy groups -OCH3 is 1. The van der Waals surface area contributed by atoms with Gasteiger partial charge in [0.25, 0.3) is 4.96 Å². The summed E-state index contributed by atoms with van der Waals surface area (Å²) in [7, 11) is 1.60. The summed E-state index contributed by atoms with van der Waals surface area (Å²) in [6.45, 7) is 4.23. The third kappa shape index (κ3) is 2.29. The number of anilines is 1. The van der Waals surface area contributed by atoms with Gasteiger partial charge in [-0.15, -0.1) is 0 Å². The molecule has 0 unspecified atom stereocenters. The number of fused-ring (bicyclic) bond motifs is 1. The fraction of sp³-hybridized carbons (Fsp3) is 0.500. The first kappa shape index (κ1) is 12.8. The Labute approximate surface area is 108 Å². The van der Waals surface area contributed by atoms with Crippen LogP contribution in [0.4, 0.5) is 11.6 Å². The van der Waals surface area contributed by atoms with E-state index in [4.69, 9.17) is 4.74 Å². The number of hydrogen-bond acceptors (Lipinski definition) is 6. The van der Waals surface area contributed by atoms with E-state index in [1.54, 1.807) is 18.7 Å². The fourth-order valence-electron chi connectivity index (χ4n) is 1.44. The zero-order valence-corrected chi connectivity index (χ0v) is 11.2. The van der Waals surface area contributed by atoms with E-state index in [9.17, 15) is 10.1 Å². The summed E-state index contributed by atoms with van der Waals surface area (Å²) in [5, 5.41) is 15.8. The third-order valence-electron chi connectivity index (χ3n) is 2.64. The highest BCUT2D eigenvalue weighted by Crippen LogP contribution is 2.28. The second-order valence-corrected chi connectivity index (χ2v) is 5.29. The van der Waals surface area contributed by atoms with Crippen molar-refractivity contribution in [3.05, 3.63) is 21.7 Å². The average Bonchev–Trinajstić information content (AvgIpc) is 2.85. The van der Waals surface area contributed by atoms with Gasteiger partial charge in [-0.2, -0.15) is 9.38 Å². The van der Waals surface area contributed by atoms with Crippen LogP contribution in [-0.4, -0.2) is 33.6 Å². The summed E-state index contributed by atoms with van der Waals surface area (Å²) in [6, 6.07) is 0. The molecular formula is C10H14N4O3S. The minimum Gasteiger partial charge on any atom is -0.377 e. The van der Waals surface area contributed by atoms with Crippen molar-refractivity contribution < 1.29 is 9.66 Å². The molecule has 7 nitrogen and oxygen atoms in total. The minimum atomic E-state index is -0.436. The molecule has 98 valence electrons. The van der Waals surface area contributed by atoms with E-state index < -0.39 is 10.5 Å². The molecule has 0 saturated heterocycles. The van der Waals surface area contributed by atoms with Crippen LogP contribution in [-0.2, 0) is 4.74 Å². The van der Waals surface area contributed by atoms with Gasteiger partial charge in [-0.25, -0.2) is 0 Å². The van der Waals surface area contributed by atoms with Crippen LogP contribution in [0.15, 0.2) is 11.6 Å². The molecule has 0 saturated carbocycles. The van der Waals surface area contributed by atoms with E-state index in [1.165, 1.54) is 15.7 Å². The van der Waals surface area contributed by atoms with Crippen LogP contribution in [0.25, 0.3) is 4.96 Å². The van der Waals surface area contributed by atoms with Crippen LogP contribution in [0.3, 0.4) is 0 Å². The highest BCUT2D eigenvalue weighted by atomic mass is 32.1. The summed E-state index contributed by atoms with van der Waals surface area (Å²) < 4.78 is 6.72. The van der Waals surface area contributed by atoms with Crippen molar-refractivity contribution in [1.29, 1.82) is 0 Å². The molecule has 0 aromatic carbocycles. The van der Waals surface area contributed by atoms with Crippen LogP contribution in [0, 0.1) is 10.1 Å². The topological polar surface area (TPSA) is 81.7 Å². The number of imidazole rings is 1. The van der Waals surface area contributed by atoms with Crippen molar-refractivity contribution >= 4 is 27.9 Å². The Bertz CT molecular complexity index is 575. The Hall–Kier alpha value is -1.67. The molecule has 0 radical (unpaired) electrons. The second kappa shape index (κ2) is 4.54. The maximum absolute atomic E-state index is 11.1. The van der Waals surface area contributed by atoms with E-state index in [1.807, 2.05) is 13.8 Å². The number of rotatable bonds is 5. The highest BCUT2D eigenvalue weighted by molar-refractivity contribution is 7.15. The minimum absolute atomic E-state index is 0.0434. The standard InChI is InChI=1S/C10H14N4O3S/c1-10(2,17-3)6-11-7-8(14(15)16)13-4-5-18-9(13)12-7/h4-5,11H,6H2,1-3H3. The summed E-state index contributed by atoms with van der Waals surface area (Å²) in [4.78, 5) is 15.4. The molecular weight excluding hydrogens is 256 g/mol. The monoisotopic (exact) mass is 270 g/mol. The number of nitrogens with zero attached hydrogens (tertiary/aromatic N) is 3. The van der Waals surface area contributed by atoms with Gasteiger partial charge >= 0.3 is 5.82 Å². The molecule has 0 spiro atoms. The molecule has 0 atom stereocenters. The van der Waals surface area contributed by atoms with Gasteiger partial charge in [-0.3, -0.25) is 0 Å². The summed E-state index contributed by atoms with van der Waals surface area (Å²) in [5.74, 6) is 0.232. The number of hydrogen-bond donors (Lipinski definition) is 1. The van der Waals surface area contributed by atoms with Gasteiger partial charge in [-0.05, 0) is 18.8 Å². The quantitative estimate of drug-likeness (QED) is 0.665. The number of thiazole rings is 1. The van der Waals surface area contributed by atoms with Gasteiger partial charge in [0.2, 0.25) is 5.82 Å². The molecule has 2 heterocycles. The molecule has 0 aliphatic heterocycles. The van der Waals surface area contributed by atoms with Crippen LogP contribution in [0.5, 0.6) is 0 Å². The van der Waals surface area contributed by atoms with Crippen molar-refractivity contribution in [2.75, 3.05) is 19.0 Å². The van der Waals surface area contributed by atoms with Crippen LogP contribution < -0.4 is 5.32 Å². The Morgan fingerprint density at radius 2 is 2.39 bits per heavy atom. The van der Waals surface area contributed by atoms with Gasteiger partial charge in [0.05, 0.1) is 5.60 Å². The largest absolute Gasteiger partial charge is 0.377 e. The van der Waals surface area contributed by atoms with Gasteiger partial charge < -0.3 is 20.2 Å². The normalized spacial score (nSPS) is 11.9. The zero-order chi connectivity index (χ0) is 13.3. The fourth-order valence-corrected chi connectivity index (χ4v) is 2.14. The summed E-state index contributed by atoms with van der Waals surface area (Å²) in [6.07, 6.45) is 1.64. The third-order valence-corrected chi connectivity index (χ3v) is 3.40. The maximum Gasteiger partial charge on any atom is 0.372 e. The van der Waals surface area contributed by atoms with Crippen molar-refractivity contribution in [3.63, 3.8) is 0 Å². The Kier molecular flexibility index (Phi) is 3.22. The van der Waals surface area contributed by atoms with Crippen LogP contribution in [0.1, 0.15) is 13.8 Å². The van der Waals surface area contributed by atoms with Crippen LogP contribution >= 0.6 is 11.3 Å². The maximum atomic E-state index is 11.1. The first-order chi connectivity index (χ1) is 8.44. The van der Waals surface area contributed by atoms with Crippen molar-refractivity contribution in [2.24, 2.45) is 0 Å². The number of ether oxygens (including phenoxy) is 1. The molecule has 0 aliphatic rings. The van der Waals surface area contributed by atoms with Crippen molar-refractivity contribution in [3.8, 4) is 0 Å². The number of nitrogens with one attached hydrogen (secondary N) is 1. The smallest absolute Gasteiger partial charge is 0.372 e. The number of nitro groups is 1. The van der Waals surface area contributed by atoms with E-state index >= 15 is 0 Å². The lowest BCUT2D eigenvalue weighted by Gasteiger charge is -2.22. The molecule has 8 heteroatoms. The SMILES string of the molecule is COC(C)(C)CNc1nc2sccn2c1[N+](=O)[O-]. The second-order valence-electron chi connectivity index (χ2n) is 4.41. The van der Waals surface area contributed by atoms with E-state index in [-0.39, 0.29) is 11.6 Å². The lowest BCUT2D eigenvalue weighted by Crippen LogP contribution is -2.32. The molecule has 0 bridgehead atoms. The Morgan fingerprint density at radius 1 is 1.67 bits per heavy atom. The molecule has 18 heavy (non-hydrogen) atoms. The molecule has 0 amide bonds. The van der Waals surface area contributed by atoms with Gasteiger partial charge in [0.1, 0.15) is 6.20 Å². The van der Waals surface area contributed by atoms with Gasteiger partial charge in [0, 0.05) is 19.0 Å². The first-order valence-electron chi connectivity index (χ1n) is 5.33. The Morgan fingerprint density at radius 3 is 3.00 bits per heavy atom. The Balaban J connectivity index is 2.30. The predicted molar refractivity (Wildman–Crippen MR) is 69.3 cm³/mol. The molecule has 2 aromatic heterocycles. The lowest BCUT2D eigenvalue weighted by molar-refractivity contribution is -0.389. The van der Waals surface area contributed by atoms with Gasteiger partial charge in [-0.1, -0.05) is 11.3 Å². The summed E-state index contributed by atoms with van der Waals surface area (Å²) >= 11 is 1.35. The predicted octanol–water partition coefficient (Wildman–Crippen LogP) is 2.14. The van der Waals surface area contributed by atoms with E-state index in [0.717, 1.165) is 0 Å². The molecule has 2 aromatic rings. The summed E-state index contributed by atoms with van der Waals surface area (Å²) in [5.41, 5.74) is -0.412. The van der Waals surface area contributed by atoms with E-state index in [0.29, 0.717) is 11.5 Å². The zero-order valence-electron chi connectivity index (χ0n) is 10.3. The van der Waals surface area contributed by atoms with Crippen LogP contribution in [0.2, 0.25) is 0 Å². The van der Waals surface area contributed by atoms with Crippen molar-refractivity contribution in [2.45, 2.75) is 19.4 Å². The van der Waals surface area contributed by atoms with Crippen molar-refractivity contribution in [1.82, 2.24) is 9.38 Å². The molecule has 1 N–H and O–H groups in total. The lowest BCUT2D eigenvalue weighted by atomic mass is 10.1. The number of aromatic nitrogens is 2. The van der Waals surface area contributed by atoms with E-state index in [2.05, 4.69) is 10.3 Å². The molecule has 2 rings (SSSR count). The molecule has 0 aliphatic carbocycles. The molecule has 0 fully saturated rings. The average molecular weight is 270 g/mol. The first-order valence-corrected chi connectivity index (χ1v) is 6.21. The highest BCUT2D eigenvalue weighted by Gasteiger charge is 2.25.